The molecule has 20 heavy (non-hydrogen) atoms. The minimum atomic E-state index is 0.459. The lowest BCUT2D eigenvalue weighted by molar-refractivity contribution is 0.939. The summed E-state index contributed by atoms with van der Waals surface area (Å²) in [6.45, 7) is 9.00. The molecule has 0 aromatic heterocycles. The summed E-state index contributed by atoms with van der Waals surface area (Å²) >= 11 is 0. The van der Waals surface area contributed by atoms with Crippen LogP contribution in [0.1, 0.15) is 12.5 Å². The molecule has 1 aliphatic rings. The van der Waals surface area contributed by atoms with Crippen LogP contribution < -0.4 is 16.0 Å². The summed E-state index contributed by atoms with van der Waals surface area (Å²) in [5, 5.41) is 3.02. The van der Waals surface area contributed by atoms with Gasteiger partial charge in [0.15, 0.2) is 5.96 Å². The van der Waals surface area contributed by atoms with E-state index in [2.05, 4.69) is 58.2 Å². The van der Waals surface area contributed by atoms with Crippen molar-refractivity contribution in [3.8, 4) is 0 Å². The molecule has 1 aliphatic heterocycles. The maximum Gasteiger partial charge on any atom is 0.189 e. The van der Waals surface area contributed by atoms with Crippen molar-refractivity contribution in [3.05, 3.63) is 54.1 Å². The van der Waals surface area contributed by atoms with Crippen molar-refractivity contribution in [3.63, 3.8) is 0 Å². The molecule has 0 amide bonds. The number of nitrogens with zero attached hydrogens (tertiary/aromatic N) is 2. The Balaban J connectivity index is 1.87. The van der Waals surface area contributed by atoms with Crippen LogP contribution in [0.2, 0.25) is 0 Å². The molecule has 0 aliphatic carbocycles. The van der Waals surface area contributed by atoms with Gasteiger partial charge in [-0.25, -0.2) is 4.99 Å². The lowest BCUT2D eigenvalue weighted by atomic mass is 10.2. The van der Waals surface area contributed by atoms with Gasteiger partial charge in [0, 0.05) is 25.3 Å². The van der Waals surface area contributed by atoms with Crippen molar-refractivity contribution in [2.45, 2.75) is 13.5 Å². The summed E-state index contributed by atoms with van der Waals surface area (Å²) in [5.74, 6) is 0.459. The Morgan fingerprint density at radius 2 is 1.95 bits per heavy atom. The molecule has 4 nitrogen and oxygen atoms in total. The zero-order chi connectivity index (χ0) is 14.4. The summed E-state index contributed by atoms with van der Waals surface area (Å²) < 4.78 is 0. The van der Waals surface area contributed by atoms with Crippen molar-refractivity contribution in [2.75, 3.05) is 24.5 Å². The van der Waals surface area contributed by atoms with E-state index in [1.165, 1.54) is 5.69 Å². The summed E-state index contributed by atoms with van der Waals surface area (Å²) in [6, 6.07) is 8.47. The average molecular weight is 270 g/mol. The van der Waals surface area contributed by atoms with Crippen molar-refractivity contribution < 1.29 is 0 Å². The van der Waals surface area contributed by atoms with Gasteiger partial charge in [-0.3, -0.25) is 0 Å². The molecule has 1 heterocycles. The van der Waals surface area contributed by atoms with Gasteiger partial charge in [0.25, 0.3) is 0 Å². The molecular weight excluding hydrogens is 248 g/mol. The first-order valence-electron chi connectivity index (χ1n) is 6.82. The Labute approximate surface area is 120 Å². The van der Waals surface area contributed by atoms with Gasteiger partial charge in [0.1, 0.15) is 0 Å². The monoisotopic (exact) mass is 270 g/mol. The fourth-order valence-electron chi connectivity index (χ4n) is 1.97. The molecule has 0 bridgehead atoms. The Bertz CT molecular complexity index is 506. The first kappa shape index (κ1) is 14.2. The van der Waals surface area contributed by atoms with E-state index in [1.807, 2.05) is 6.92 Å². The minimum absolute atomic E-state index is 0.459. The van der Waals surface area contributed by atoms with Crippen LogP contribution >= 0.6 is 0 Å². The van der Waals surface area contributed by atoms with Crippen LogP contribution in [0.3, 0.4) is 0 Å². The van der Waals surface area contributed by atoms with E-state index in [0.717, 1.165) is 24.2 Å². The standard InChI is InChI=1S/C16H22N4/c1-13(2)11-18-16(17)19-12-14-5-7-15(8-6-14)20-9-3-4-10-20/h3-8H,1,9-12H2,2H3,(H3,17,18,19). The molecular formula is C16H22N4. The molecule has 0 spiro atoms. The Hall–Kier alpha value is -2.23. The molecule has 3 N–H and O–H groups in total. The van der Waals surface area contributed by atoms with E-state index in [1.54, 1.807) is 0 Å². The van der Waals surface area contributed by atoms with Gasteiger partial charge < -0.3 is 16.0 Å². The third-order valence-electron chi connectivity index (χ3n) is 3.12. The number of anilines is 1. The van der Waals surface area contributed by atoms with Crippen LogP contribution in [0.5, 0.6) is 0 Å². The van der Waals surface area contributed by atoms with Gasteiger partial charge in [-0.05, 0) is 24.6 Å². The Morgan fingerprint density at radius 1 is 1.30 bits per heavy atom. The molecule has 0 saturated carbocycles. The number of hydrogen-bond donors (Lipinski definition) is 2. The van der Waals surface area contributed by atoms with Crippen molar-refractivity contribution in [2.24, 2.45) is 10.7 Å². The van der Waals surface area contributed by atoms with Gasteiger partial charge in [0.05, 0.1) is 6.54 Å². The predicted octanol–water partition coefficient (Wildman–Crippen LogP) is 2.04. The number of rotatable bonds is 5. The second kappa shape index (κ2) is 6.80. The highest BCUT2D eigenvalue weighted by molar-refractivity contribution is 5.78. The Morgan fingerprint density at radius 3 is 2.55 bits per heavy atom. The topological polar surface area (TPSA) is 53.6 Å². The predicted molar refractivity (Wildman–Crippen MR) is 85.9 cm³/mol. The zero-order valence-corrected chi connectivity index (χ0v) is 12.0. The molecule has 0 fully saturated rings. The third kappa shape index (κ3) is 4.16. The van der Waals surface area contributed by atoms with E-state index >= 15 is 0 Å². The normalized spacial score (nSPS) is 14.7. The highest BCUT2D eigenvalue weighted by Gasteiger charge is 2.06. The number of nitrogens with two attached hydrogens (primary N) is 1. The maximum atomic E-state index is 5.78. The highest BCUT2D eigenvalue weighted by atomic mass is 15.1. The largest absolute Gasteiger partial charge is 0.370 e. The Kier molecular flexibility index (Phi) is 4.82. The smallest absolute Gasteiger partial charge is 0.189 e. The summed E-state index contributed by atoms with van der Waals surface area (Å²) in [7, 11) is 0. The maximum absolute atomic E-state index is 5.78. The fourth-order valence-corrected chi connectivity index (χ4v) is 1.97. The van der Waals surface area contributed by atoms with Crippen molar-refractivity contribution >= 4 is 11.6 Å². The summed E-state index contributed by atoms with van der Waals surface area (Å²) in [6.07, 6.45) is 4.37. The SMILES string of the molecule is C=C(C)CNC(N)=NCc1ccc(N2CC=CC2)cc1. The van der Waals surface area contributed by atoms with Gasteiger partial charge in [0.2, 0.25) is 0 Å². The number of benzene rings is 1. The summed E-state index contributed by atoms with van der Waals surface area (Å²) in [5.41, 5.74) is 9.21. The van der Waals surface area contributed by atoms with Crippen LogP contribution in [0.15, 0.2) is 53.6 Å². The van der Waals surface area contributed by atoms with Crippen molar-refractivity contribution in [1.82, 2.24) is 5.32 Å². The zero-order valence-electron chi connectivity index (χ0n) is 12.0. The first-order chi connectivity index (χ1) is 9.65. The van der Waals surface area contributed by atoms with Crippen LogP contribution in [0, 0.1) is 0 Å². The molecule has 0 atom stereocenters. The fraction of sp³-hybridized carbons (Fsp3) is 0.312. The van der Waals surface area contributed by atoms with Crippen LogP contribution in [-0.4, -0.2) is 25.6 Å². The van der Waals surface area contributed by atoms with Crippen molar-refractivity contribution in [1.29, 1.82) is 0 Å². The second-order valence-electron chi connectivity index (χ2n) is 5.05. The van der Waals surface area contributed by atoms with E-state index in [0.29, 0.717) is 19.0 Å². The molecule has 4 heteroatoms. The average Bonchev–Trinajstić information content (AvgIpc) is 2.97. The van der Waals surface area contributed by atoms with Gasteiger partial charge >= 0.3 is 0 Å². The minimum Gasteiger partial charge on any atom is -0.370 e. The molecule has 106 valence electrons. The molecule has 1 aromatic carbocycles. The number of aliphatic imine (C=N–C) groups is 1. The van der Waals surface area contributed by atoms with E-state index in [-0.39, 0.29) is 0 Å². The molecule has 1 aromatic rings. The van der Waals surface area contributed by atoms with E-state index in [9.17, 15) is 0 Å². The van der Waals surface area contributed by atoms with E-state index in [4.69, 9.17) is 5.73 Å². The number of hydrogen-bond acceptors (Lipinski definition) is 2. The number of nitrogens with one attached hydrogen (secondary N) is 1. The second-order valence-corrected chi connectivity index (χ2v) is 5.05. The van der Waals surface area contributed by atoms with Crippen LogP contribution in [0.4, 0.5) is 5.69 Å². The van der Waals surface area contributed by atoms with Gasteiger partial charge in [-0.2, -0.15) is 0 Å². The highest BCUT2D eigenvalue weighted by Crippen LogP contribution is 2.17. The lowest BCUT2D eigenvalue weighted by Gasteiger charge is -2.17. The number of guanidine groups is 1. The molecule has 0 saturated heterocycles. The van der Waals surface area contributed by atoms with E-state index < -0.39 is 0 Å². The first-order valence-corrected chi connectivity index (χ1v) is 6.82. The van der Waals surface area contributed by atoms with Crippen LogP contribution in [-0.2, 0) is 6.54 Å². The van der Waals surface area contributed by atoms with Gasteiger partial charge in [-0.1, -0.05) is 36.4 Å². The van der Waals surface area contributed by atoms with Gasteiger partial charge in [-0.15, -0.1) is 0 Å². The van der Waals surface area contributed by atoms with Crippen LogP contribution in [0.25, 0.3) is 0 Å². The summed E-state index contributed by atoms with van der Waals surface area (Å²) in [4.78, 5) is 6.63. The lowest BCUT2D eigenvalue weighted by Crippen LogP contribution is -2.32. The third-order valence-corrected chi connectivity index (χ3v) is 3.12. The molecule has 0 radical (unpaired) electrons. The molecule has 2 rings (SSSR count). The molecule has 0 unspecified atom stereocenters. The quantitative estimate of drug-likeness (QED) is 0.489.